The molecule has 26 heavy (non-hydrogen) atoms. The van der Waals surface area contributed by atoms with Crippen molar-refractivity contribution in [1.29, 1.82) is 0 Å². The number of nitrogens with one attached hydrogen (secondary N) is 1. The Hall–Kier alpha value is -3.04. The Kier molecular flexibility index (Phi) is 4.02. The van der Waals surface area contributed by atoms with Crippen LogP contribution in [0.1, 0.15) is 16.1 Å². The number of hydrogen-bond acceptors (Lipinski definition) is 1. The van der Waals surface area contributed by atoms with E-state index in [0.29, 0.717) is 5.02 Å². The maximum Gasteiger partial charge on any atom is 0.335 e. The van der Waals surface area contributed by atoms with Crippen molar-refractivity contribution in [2.24, 2.45) is 0 Å². The van der Waals surface area contributed by atoms with Gasteiger partial charge in [-0.3, -0.25) is 0 Å². The minimum Gasteiger partial charge on any atom is -0.478 e. The van der Waals surface area contributed by atoms with Crippen LogP contribution in [0.25, 0.3) is 33.2 Å². The van der Waals surface area contributed by atoms with Gasteiger partial charge in [-0.15, -0.1) is 0 Å². The van der Waals surface area contributed by atoms with Gasteiger partial charge in [0.1, 0.15) is 0 Å². The number of aryl methyl sites for hydroxylation is 1. The number of benzene rings is 3. The molecule has 0 saturated heterocycles. The Morgan fingerprint density at radius 1 is 0.962 bits per heavy atom. The van der Waals surface area contributed by atoms with E-state index in [1.807, 2.05) is 55.5 Å². The summed E-state index contributed by atoms with van der Waals surface area (Å²) in [5, 5.41) is 10.8. The van der Waals surface area contributed by atoms with Crippen LogP contribution in [0.5, 0.6) is 0 Å². The first-order valence-electron chi connectivity index (χ1n) is 8.25. The van der Waals surface area contributed by atoms with E-state index in [2.05, 4.69) is 4.98 Å². The highest BCUT2D eigenvalue weighted by atomic mass is 35.5. The molecule has 3 aromatic carbocycles. The first-order chi connectivity index (χ1) is 12.5. The van der Waals surface area contributed by atoms with Gasteiger partial charge in [-0.25, -0.2) is 4.79 Å². The van der Waals surface area contributed by atoms with E-state index in [-0.39, 0.29) is 5.56 Å². The van der Waals surface area contributed by atoms with Gasteiger partial charge >= 0.3 is 5.97 Å². The second kappa shape index (κ2) is 6.36. The Balaban J connectivity index is 1.89. The van der Waals surface area contributed by atoms with Crippen molar-refractivity contribution in [3.63, 3.8) is 0 Å². The second-order valence-electron chi connectivity index (χ2n) is 6.25. The molecule has 1 aromatic heterocycles. The summed E-state index contributed by atoms with van der Waals surface area (Å²) in [5.74, 6) is -0.942. The van der Waals surface area contributed by atoms with Crippen molar-refractivity contribution in [2.45, 2.75) is 6.92 Å². The summed E-state index contributed by atoms with van der Waals surface area (Å²) < 4.78 is 0. The average molecular weight is 362 g/mol. The topological polar surface area (TPSA) is 53.1 Å². The maximum atomic E-state index is 11.3. The van der Waals surface area contributed by atoms with Gasteiger partial charge in [0.15, 0.2) is 0 Å². The van der Waals surface area contributed by atoms with E-state index in [1.54, 1.807) is 18.2 Å². The van der Waals surface area contributed by atoms with Crippen LogP contribution < -0.4 is 0 Å². The van der Waals surface area contributed by atoms with Gasteiger partial charge in [-0.05, 0) is 42.3 Å². The summed E-state index contributed by atoms with van der Waals surface area (Å²) >= 11 is 6.62. The SMILES string of the molecule is Cc1[nH]c2ccc(C(=O)O)cc2c1-c1ccc(-c2ccccc2)cc1Cl. The van der Waals surface area contributed by atoms with Crippen molar-refractivity contribution in [3.05, 3.63) is 83.0 Å². The molecule has 0 radical (unpaired) electrons. The standard InChI is InChI=1S/C22H16ClNO2/c1-13-21(18-11-16(22(25)26)8-10-20(18)24-13)17-9-7-15(12-19(17)23)14-5-3-2-4-6-14/h2-12,24H,1H3,(H,25,26). The van der Waals surface area contributed by atoms with Crippen LogP contribution in [0.3, 0.4) is 0 Å². The Morgan fingerprint density at radius 2 is 1.73 bits per heavy atom. The fourth-order valence-electron chi connectivity index (χ4n) is 3.33. The van der Waals surface area contributed by atoms with E-state index >= 15 is 0 Å². The molecule has 0 aliphatic carbocycles. The predicted molar refractivity (Wildman–Crippen MR) is 106 cm³/mol. The zero-order valence-corrected chi connectivity index (χ0v) is 14.8. The van der Waals surface area contributed by atoms with Gasteiger partial charge in [0.2, 0.25) is 0 Å². The average Bonchev–Trinajstić information content (AvgIpc) is 2.97. The molecule has 4 aromatic rings. The molecule has 2 N–H and O–H groups in total. The molecule has 0 aliphatic rings. The van der Waals surface area contributed by atoms with E-state index in [4.69, 9.17) is 11.6 Å². The van der Waals surface area contributed by atoms with Crippen molar-refractivity contribution < 1.29 is 9.90 Å². The zero-order valence-electron chi connectivity index (χ0n) is 14.1. The number of fused-ring (bicyclic) bond motifs is 1. The molecule has 1 heterocycles. The molecule has 0 saturated carbocycles. The van der Waals surface area contributed by atoms with Crippen LogP contribution >= 0.6 is 11.6 Å². The normalized spacial score (nSPS) is 11.0. The van der Waals surface area contributed by atoms with Gasteiger partial charge in [0.05, 0.1) is 5.56 Å². The molecule has 128 valence electrons. The number of halogens is 1. The van der Waals surface area contributed by atoms with Crippen molar-refractivity contribution in [3.8, 4) is 22.3 Å². The molecular weight excluding hydrogens is 346 g/mol. The minimum absolute atomic E-state index is 0.259. The highest BCUT2D eigenvalue weighted by Crippen LogP contribution is 2.38. The highest BCUT2D eigenvalue weighted by Gasteiger charge is 2.16. The number of aromatic amines is 1. The summed E-state index contributed by atoms with van der Waals surface area (Å²) in [7, 11) is 0. The number of aromatic carboxylic acids is 1. The Morgan fingerprint density at radius 3 is 2.42 bits per heavy atom. The van der Waals surface area contributed by atoms with Crippen molar-refractivity contribution in [1.82, 2.24) is 4.98 Å². The van der Waals surface area contributed by atoms with Crippen LogP contribution in [0.4, 0.5) is 0 Å². The number of hydrogen-bond donors (Lipinski definition) is 2. The number of rotatable bonds is 3. The fraction of sp³-hybridized carbons (Fsp3) is 0.0455. The fourth-order valence-corrected chi connectivity index (χ4v) is 3.61. The van der Waals surface area contributed by atoms with E-state index in [0.717, 1.165) is 38.9 Å². The molecule has 0 amide bonds. The molecule has 4 heteroatoms. The van der Waals surface area contributed by atoms with E-state index < -0.39 is 5.97 Å². The van der Waals surface area contributed by atoms with Gasteiger partial charge < -0.3 is 10.1 Å². The third-order valence-electron chi connectivity index (χ3n) is 4.58. The molecule has 0 bridgehead atoms. The smallest absolute Gasteiger partial charge is 0.335 e. The van der Waals surface area contributed by atoms with E-state index in [9.17, 15) is 9.90 Å². The summed E-state index contributed by atoms with van der Waals surface area (Å²) in [6.07, 6.45) is 0. The third-order valence-corrected chi connectivity index (χ3v) is 4.89. The monoisotopic (exact) mass is 361 g/mol. The summed E-state index contributed by atoms with van der Waals surface area (Å²) in [6.45, 7) is 1.97. The third kappa shape index (κ3) is 2.76. The summed E-state index contributed by atoms with van der Waals surface area (Å²) in [5.41, 5.74) is 6.08. The lowest BCUT2D eigenvalue weighted by Gasteiger charge is -2.09. The lowest BCUT2D eigenvalue weighted by atomic mass is 9.97. The molecular formula is C22H16ClNO2. The first-order valence-corrected chi connectivity index (χ1v) is 8.63. The van der Waals surface area contributed by atoms with E-state index in [1.165, 1.54) is 0 Å². The number of aromatic nitrogens is 1. The molecule has 3 nitrogen and oxygen atoms in total. The van der Waals surface area contributed by atoms with Crippen LogP contribution in [-0.2, 0) is 0 Å². The number of carboxylic acids is 1. The molecule has 0 atom stereocenters. The first kappa shape index (κ1) is 16.4. The Bertz CT molecular complexity index is 1130. The highest BCUT2D eigenvalue weighted by molar-refractivity contribution is 6.34. The largest absolute Gasteiger partial charge is 0.478 e. The zero-order chi connectivity index (χ0) is 18.3. The van der Waals surface area contributed by atoms with Gasteiger partial charge in [-0.2, -0.15) is 0 Å². The van der Waals surface area contributed by atoms with Crippen LogP contribution in [0, 0.1) is 6.92 Å². The molecule has 0 spiro atoms. The van der Waals surface area contributed by atoms with Crippen LogP contribution in [-0.4, -0.2) is 16.1 Å². The van der Waals surface area contributed by atoms with Crippen LogP contribution in [0.2, 0.25) is 5.02 Å². The molecule has 0 aliphatic heterocycles. The lowest BCUT2D eigenvalue weighted by Crippen LogP contribution is -1.95. The second-order valence-corrected chi connectivity index (χ2v) is 6.66. The quantitative estimate of drug-likeness (QED) is 0.459. The molecule has 4 rings (SSSR count). The predicted octanol–water partition coefficient (Wildman–Crippen LogP) is 6.16. The lowest BCUT2D eigenvalue weighted by molar-refractivity contribution is 0.0697. The number of carboxylic acid groups (broad SMARTS) is 1. The summed E-state index contributed by atoms with van der Waals surface area (Å²) in [4.78, 5) is 14.6. The number of carbonyl (C=O) groups is 1. The van der Waals surface area contributed by atoms with Gasteiger partial charge in [-0.1, -0.05) is 54.1 Å². The van der Waals surface area contributed by atoms with Gasteiger partial charge in [0, 0.05) is 32.7 Å². The maximum absolute atomic E-state index is 11.3. The summed E-state index contributed by atoms with van der Waals surface area (Å²) in [6, 6.07) is 21.1. The molecule has 0 fully saturated rings. The molecule has 0 unspecified atom stereocenters. The van der Waals surface area contributed by atoms with Crippen molar-refractivity contribution in [2.75, 3.05) is 0 Å². The van der Waals surface area contributed by atoms with Crippen LogP contribution in [0.15, 0.2) is 66.7 Å². The minimum atomic E-state index is -0.942. The van der Waals surface area contributed by atoms with Gasteiger partial charge in [0.25, 0.3) is 0 Å². The number of H-pyrrole nitrogens is 1. The Labute approximate surface area is 155 Å². The van der Waals surface area contributed by atoms with Crippen molar-refractivity contribution >= 4 is 28.5 Å².